The molecule has 41 heteroatoms. The van der Waals surface area contributed by atoms with E-state index in [2.05, 4.69) is 52.8 Å². The number of nitrogens with one attached hydrogen (secondary N) is 10. The Labute approximate surface area is 764 Å². The molecule has 3 saturated heterocycles. The van der Waals surface area contributed by atoms with Gasteiger partial charge in [-0.05, 0) is 118 Å². The molecule has 0 spiro atoms. The van der Waals surface area contributed by atoms with Crippen molar-refractivity contribution in [3.05, 3.63) is 102 Å². The molecule has 15 atom stereocenters. The number of fused-ring (bicyclic) bond motifs is 4. The number of benzene rings is 3. The zero-order valence-corrected chi connectivity index (χ0v) is 76.7. The van der Waals surface area contributed by atoms with E-state index in [0.29, 0.717) is 64.2 Å². The van der Waals surface area contributed by atoms with Crippen LogP contribution in [0.1, 0.15) is 155 Å². The van der Waals surface area contributed by atoms with Crippen LogP contribution in [0.3, 0.4) is 0 Å². The van der Waals surface area contributed by atoms with Gasteiger partial charge in [0.05, 0.1) is 18.3 Å². The Bertz CT molecular complexity index is 4910. The van der Waals surface area contributed by atoms with E-state index in [0.717, 1.165) is 31.4 Å². The van der Waals surface area contributed by atoms with E-state index in [4.69, 9.17) is 17.2 Å². The van der Waals surface area contributed by atoms with Crippen LogP contribution in [0.25, 0.3) is 21.8 Å². The molecule has 3 aliphatic rings. The number of aliphatic hydroxyl groups excluding tert-OH is 1. The maximum absolute atomic E-state index is 16.0. The van der Waals surface area contributed by atoms with Crippen LogP contribution in [0, 0.1) is 11.8 Å². The number of unbranched alkanes of at least 4 members (excludes halogenated alkanes) is 2. The van der Waals surface area contributed by atoms with E-state index in [-0.39, 0.29) is 108 Å². The summed E-state index contributed by atoms with van der Waals surface area (Å²) in [5.41, 5.74) is 20.4. The molecule has 5 aromatic rings. The molecule has 3 aromatic carbocycles. The molecule has 20 N–H and O–H groups in total. The number of aromatic hydroxyl groups is 1. The average molecular weight is 1850 g/mol. The third-order valence-electron chi connectivity index (χ3n) is 23.9. The van der Waals surface area contributed by atoms with E-state index in [1.807, 2.05) is 13.8 Å². The van der Waals surface area contributed by atoms with Crippen LogP contribution in [0.2, 0.25) is 0 Å². The van der Waals surface area contributed by atoms with Gasteiger partial charge in [0.1, 0.15) is 96.9 Å². The standard InChI is InChI=1S/C90H129N19O21S/c1-11-13-25-70-82(121)97-61(35-49(3)4)79(118)103-68(90(129)130)47-131-48-75(113)95-64(37-52-29-31-55(110)32-30-52)85(124)104(8)51(7)77(116)99-66(41-74(93)112)87(126)108-34-20-28-71(108)83(122)102-67(42-92)81(120)100-63(36-50(5)6)88(127)109-45-56(111)40-73(109)84(123)98-62(38-53-43-94-59-23-17-15-21-57(53)59)80(119)96-60(24-19-33-91)78(117)101-65(86(125)106(10)72(26-14-12-2)89(128)105(70)9)39-54-44-107(46-76(114)115)69-27-18-16-22-58(54)69/h15-18,21-23,27,29-32,43-44,49-51,56,60-68,70-73,94,110-111H,11-14,19-20,24-26,28,33-42,45-48,91-92H2,1-10H3,(H2,93,112)(H,95,113)(H,96,119)(H,97,121)(H,98,123)(H,99,116)(H,100,120)(H,101,117)(H,102,122)(H,103,118)(H,114,115)(H,129,130)/t51-,56+,60-,61-,62-,63-,64-,65-,66-,67-,68-,70-,71-,72-,73-/m0/s1. The number of aromatic amines is 1. The van der Waals surface area contributed by atoms with Crippen LogP contribution >= 0.6 is 11.8 Å². The van der Waals surface area contributed by atoms with E-state index in [1.54, 1.807) is 82.4 Å². The minimum absolute atomic E-state index is 0.00545. The van der Waals surface area contributed by atoms with Crippen molar-refractivity contribution in [2.75, 3.05) is 58.8 Å². The zero-order valence-electron chi connectivity index (χ0n) is 75.9. The molecule has 8 rings (SSSR count). The number of thioether (sulfide) groups is 1. The number of likely N-dealkylation sites (N-methyl/N-ethyl adjacent to an activating group) is 3. The molecule has 0 radical (unpaired) electrons. The number of phenols is 1. The van der Waals surface area contributed by atoms with Crippen LogP contribution in [0.4, 0.5) is 0 Å². The first-order valence-electron chi connectivity index (χ1n) is 44.6. The number of nitrogens with zero attached hydrogens (tertiary/aromatic N) is 6. The molecule has 0 aliphatic carbocycles. The number of carbonyl (C=O) groups is 17. The summed E-state index contributed by atoms with van der Waals surface area (Å²) in [6, 6.07) is -1.97. The molecule has 0 unspecified atom stereocenters. The summed E-state index contributed by atoms with van der Waals surface area (Å²) in [6.07, 6.45) is 1.38. The van der Waals surface area contributed by atoms with Gasteiger partial charge in [-0.15, -0.1) is 11.8 Å². The highest BCUT2D eigenvalue weighted by molar-refractivity contribution is 8.00. The average Bonchev–Trinajstić information content (AvgIpc) is 1.65. The van der Waals surface area contributed by atoms with Crippen molar-refractivity contribution in [2.45, 2.75) is 255 Å². The lowest BCUT2D eigenvalue weighted by atomic mass is 9.99. The number of amides is 15. The molecule has 716 valence electrons. The zero-order chi connectivity index (χ0) is 96.4. The predicted octanol–water partition coefficient (Wildman–Crippen LogP) is -0.365. The van der Waals surface area contributed by atoms with Gasteiger partial charge in [0.25, 0.3) is 0 Å². The lowest BCUT2D eigenvalue weighted by Gasteiger charge is -2.36. The molecule has 2 aromatic heterocycles. The van der Waals surface area contributed by atoms with Gasteiger partial charge in [-0.25, -0.2) is 4.79 Å². The fourth-order valence-electron chi connectivity index (χ4n) is 16.7. The second-order valence-corrected chi connectivity index (χ2v) is 35.8. The Balaban J connectivity index is 1.20. The third kappa shape index (κ3) is 28.6. The number of nitrogens with two attached hydrogens (primary N) is 3. The molecule has 40 nitrogen and oxygen atoms in total. The van der Waals surface area contributed by atoms with E-state index < -0.39 is 229 Å². The molecule has 5 heterocycles. The number of rotatable bonds is 25. The number of carboxylic acids is 2. The summed E-state index contributed by atoms with van der Waals surface area (Å²) in [7, 11) is 3.94. The smallest absolute Gasteiger partial charge is 0.327 e. The molecule has 0 saturated carbocycles. The number of phenolic OH excluding ortho intramolecular Hbond substituents is 1. The van der Waals surface area contributed by atoms with Crippen molar-refractivity contribution in [1.82, 2.24) is 81.9 Å². The first kappa shape index (κ1) is 104. The first-order valence-corrected chi connectivity index (χ1v) is 45.8. The summed E-state index contributed by atoms with van der Waals surface area (Å²) < 4.78 is 1.45. The van der Waals surface area contributed by atoms with Gasteiger partial charge >= 0.3 is 11.9 Å². The SMILES string of the molecule is CCCC[C@H]1C(=O)N(C)[C@@H](CCCC)C(=O)N[C@@H](CC(C)C)C(=O)N[C@H](C(=O)O)CSCC(=O)N[C@@H](Cc2ccc(O)cc2)C(=O)N(C)[C@@H](C)C(=O)N[C@@H](CC(N)=O)C(=O)N2CCC[C@H]2C(=O)N[C@@H](CN)C(=O)N[C@@H](CC(C)C)C(=O)N2C[C@H](O)C[C@H]2C(=O)N[C@@H](Cc2c[nH]c3ccccc23)C(=O)N[C@@H](CCCN)C(=O)N[C@@H](Cc2cn(CC(=O)O)c3ccccc23)C(=O)N1C. The second-order valence-electron chi connectivity index (χ2n) is 34.8. The summed E-state index contributed by atoms with van der Waals surface area (Å²) in [4.78, 5) is 257. The summed E-state index contributed by atoms with van der Waals surface area (Å²) in [5, 5.41) is 67.6. The Morgan fingerprint density at radius 1 is 0.534 bits per heavy atom. The number of H-pyrrole nitrogens is 1. The van der Waals surface area contributed by atoms with E-state index in [9.17, 15) is 68.4 Å². The van der Waals surface area contributed by atoms with Crippen LogP contribution in [-0.4, -0.2) is 305 Å². The maximum atomic E-state index is 16.0. The minimum atomic E-state index is -1.76. The number of aliphatic hydroxyl groups is 1. The van der Waals surface area contributed by atoms with Crippen LogP contribution in [-0.2, 0) is 107 Å². The highest BCUT2D eigenvalue weighted by atomic mass is 32.2. The van der Waals surface area contributed by atoms with Gasteiger partial charge in [-0.2, -0.15) is 0 Å². The van der Waals surface area contributed by atoms with E-state index in [1.165, 1.54) is 68.0 Å². The second kappa shape index (κ2) is 49.1. The van der Waals surface area contributed by atoms with Crippen molar-refractivity contribution in [3.63, 3.8) is 0 Å². The Morgan fingerprint density at radius 2 is 1.08 bits per heavy atom. The summed E-state index contributed by atoms with van der Waals surface area (Å²) in [5.74, 6) is -18.3. The number of aliphatic carboxylic acids is 2. The maximum Gasteiger partial charge on any atom is 0.327 e. The highest BCUT2D eigenvalue weighted by Gasteiger charge is 2.47. The molecular formula is C90H129N19O21S. The van der Waals surface area contributed by atoms with Crippen molar-refractivity contribution < 1.29 is 102 Å². The third-order valence-corrected chi connectivity index (χ3v) is 24.9. The van der Waals surface area contributed by atoms with Crippen LogP contribution < -0.4 is 65.1 Å². The number of primary amides is 1. The van der Waals surface area contributed by atoms with Crippen molar-refractivity contribution >= 4 is 134 Å². The number of para-hydroxylation sites is 2. The Morgan fingerprint density at radius 3 is 1.72 bits per heavy atom. The quantitative estimate of drug-likeness (QED) is 0.0355. The molecule has 0 bridgehead atoms. The number of carboxylic acid groups (broad SMARTS) is 2. The van der Waals surface area contributed by atoms with Crippen molar-refractivity contribution in [3.8, 4) is 5.75 Å². The minimum Gasteiger partial charge on any atom is -0.508 e. The molecule has 3 fully saturated rings. The fraction of sp³-hybridized carbons (Fsp3) is 0.567. The van der Waals surface area contributed by atoms with Gasteiger partial charge in [-0.1, -0.05) is 116 Å². The lowest BCUT2D eigenvalue weighted by molar-refractivity contribution is -0.149. The molecule has 15 amide bonds. The first-order chi connectivity index (χ1) is 62.2. The van der Waals surface area contributed by atoms with E-state index >= 15 is 33.6 Å². The summed E-state index contributed by atoms with van der Waals surface area (Å²) in [6.45, 7) is 10.3. The predicted molar refractivity (Wildman–Crippen MR) is 485 cm³/mol. The monoisotopic (exact) mass is 1840 g/mol. The van der Waals surface area contributed by atoms with Gasteiger partial charge in [-0.3, -0.25) is 76.7 Å². The fourth-order valence-corrected chi connectivity index (χ4v) is 17.5. The number of hydrogen-bond donors (Lipinski definition) is 17. The van der Waals surface area contributed by atoms with Crippen LogP contribution in [0.5, 0.6) is 5.75 Å². The molecule has 3 aliphatic heterocycles. The lowest BCUT2D eigenvalue weighted by Crippen LogP contribution is -2.61. The van der Waals surface area contributed by atoms with Gasteiger partial charge in [0.15, 0.2) is 0 Å². The van der Waals surface area contributed by atoms with Gasteiger partial charge < -0.3 is 120 Å². The van der Waals surface area contributed by atoms with Crippen molar-refractivity contribution in [1.29, 1.82) is 0 Å². The number of aromatic nitrogens is 2. The number of hydrogen-bond acceptors (Lipinski definition) is 22. The molecular weight excluding hydrogens is 1720 g/mol. The highest BCUT2D eigenvalue weighted by Crippen LogP contribution is 2.29. The largest absolute Gasteiger partial charge is 0.508 e. The molecule has 131 heavy (non-hydrogen) atoms. The normalized spacial score (nSPS) is 25.3. The van der Waals surface area contributed by atoms with Crippen molar-refractivity contribution in [2.24, 2.45) is 29.0 Å². The van der Waals surface area contributed by atoms with Gasteiger partial charge in [0.2, 0.25) is 88.6 Å². The topological polar surface area (TPSA) is 594 Å². The summed E-state index contributed by atoms with van der Waals surface area (Å²) >= 11 is 0.748. The Hall–Kier alpha value is -12.2. The number of carbonyl (C=O) groups excluding carboxylic acids is 15. The Kier molecular flexibility index (Phi) is 39.1. The van der Waals surface area contributed by atoms with Gasteiger partial charge in [0, 0.05) is 106 Å². The van der Waals surface area contributed by atoms with Crippen LogP contribution in [0.15, 0.2) is 85.2 Å².